The van der Waals surface area contributed by atoms with Crippen LogP contribution in [-0.2, 0) is 4.79 Å². The standard InChI is InChI=1S/C15H22BrNO3/c1-15(2,3)13(7-8-18)17-14(19)10-20-12-6-4-5-11(16)9-12/h4-6,9,13,18H,7-8,10H2,1-3H3,(H,17,19). The monoisotopic (exact) mass is 343 g/mol. The van der Waals surface area contributed by atoms with Crippen molar-refractivity contribution in [2.24, 2.45) is 5.41 Å². The third-order valence-corrected chi connectivity index (χ3v) is 3.46. The zero-order valence-electron chi connectivity index (χ0n) is 12.1. The Kier molecular flexibility index (Phi) is 6.49. The lowest BCUT2D eigenvalue weighted by Crippen LogP contribution is -2.46. The van der Waals surface area contributed by atoms with Crippen LogP contribution in [0.25, 0.3) is 0 Å². The Morgan fingerprint density at radius 1 is 1.45 bits per heavy atom. The summed E-state index contributed by atoms with van der Waals surface area (Å²) in [5.74, 6) is 0.461. The SMILES string of the molecule is CC(C)(C)C(CCO)NC(=O)COc1cccc(Br)c1. The molecule has 0 aromatic heterocycles. The minimum atomic E-state index is -0.182. The lowest BCUT2D eigenvalue weighted by Gasteiger charge is -2.31. The van der Waals surface area contributed by atoms with Crippen LogP contribution in [0.1, 0.15) is 27.2 Å². The molecule has 4 nitrogen and oxygen atoms in total. The molecule has 0 radical (unpaired) electrons. The van der Waals surface area contributed by atoms with Gasteiger partial charge in [0.05, 0.1) is 0 Å². The van der Waals surface area contributed by atoms with E-state index in [0.717, 1.165) is 4.47 Å². The second kappa shape index (κ2) is 7.64. The van der Waals surface area contributed by atoms with Gasteiger partial charge in [0.15, 0.2) is 6.61 Å². The molecule has 0 saturated heterocycles. The Bertz CT molecular complexity index is 443. The molecule has 1 aromatic rings. The fraction of sp³-hybridized carbons (Fsp3) is 0.533. The van der Waals surface area contributed by atoms with E-state index in [1.165, 1.54) is 0 Å². The zero-order chi connectivity index (χ0) is 15.2. The van der Waals surface area contributed by atoms with Crippen molar-refractivity contribution >= 4 is 21.8 Å². The van der Waals surface area contributed by atoms with Crippen LogP contribution in [0.4, 0.5) is 0 Å². The minimum Gasteiger partial charge on any atom is -0.484 e. The van der Waals surface area contributed by atoms with Gasteiger partial charge in [0.25, 0.3) is 5.91 Å². The summed E-state index contributed by atoms with van der Waals surface area (Å²) in [6, 6.07) is 7.27. The van der Waals surface area contributed by atoms with Gasteiger partial charge in [0.2, 0.25) is 0 Å². The van der Waals surface area contributed by atoms with Crippen molar-refractivity contribution < 1.29 is 14.6 Å². The summed E-state index contributed by atoms with van der Waals surface area (Å²) < 4.78 is 6.34. The first-order chi connectivity index (χ1) is 9.32. The molecule has 1 amide bonds. The van der Waals surface area contributed by atoms with Crippen LogP contribution in [-0.4, -0.2) is 30.3 Å². The van der Waals surface area contributed by atoms with Gasteiger partial charge in [-0.25, -0.2) is 0 Å². The number of carbonyl (C=O) groups is 1. The average Bonchev–Trinajstić information content (AvgIpc) is 2.35. The lowest BCUT2D eigenvalue weighted by molar-refractivity contribution is -0.124. The first-order valence-electron chi connectivity index (χ1n) is 6.61. The Hall–Kier alpha value is -1.07. The molecule has 1 unspecified atom stereocenters. The second-order valence-electron chi connectivity index (χ2n) is 5.74. The van der Waals surface area contributed by atoms with E-state index in [2.05, 4.69) is 21.2 Å². The molecular weight excluding hydrogens is 322 g/mol. The quantitative estimate of drug-likeness (QED) is 0.834. The number of nitrogens with one attached hydrogen (secondary N) is 1. The summed E-state index contributed by atoms with van der Waals surface area (Å²) >= 11 is 3.35. The molecule has 0 bridgehead atoms. The Balaban J connectivity index is 2.50. The Morgan fingerprint density at radius 3 is 2.70 bits per heavy atom. The highest BCUT2D eigenvalue weighted by Gasteiger charge is 2.25. The van der Waals surface area contributed by atoms with Crippen LogP contribution >= 0.6 is 15.9 Å². The van der Waals surface area contributed by atoms with Gasteiger partial charge in [0.1, 0.15) is 5.75 Å². The van der Waals surface area contributed by atoms with E-state index in [1.807, 2.05) is 39.0 Å². The van der Waals surface area contributed by atoms with Crippen molar-refractivity contribution in [3.63, 3.8) is 0 Å². The molecule has 0 heterocycles. The molecule has 0 aliphatic carbocycles. The molecule has 0 aliphatic rings. The van der Waals surface area contributed by atoms with Crippen LogP contribution in [0, 0.1) is 5.41 Å². The lowest BCUT2D eigenvalue weighted by atomic mass is 9.85. The molecule has 0 aliphatic heterocycles. The average molecular weight is 344 g/mol. The first-order valence-corrected chi connectivity index (χ1v) is 7.41. The predicted octanol–water partition coefficient (Wildman–Crippen LogP) is 2.74. The topological polar surface area (TPSA) is 58.6 Å². The fourth-order valence-corrected chi connectivity index (χ4v) is 2.17. The summed E-state index contributed by atoms with van der Waals surface area (Å²) in [7, 11) is 0. The molecule has 0 spiro atoms. The number of hydrogen-bond acceptors (Lipinski definition) is 3. The number of amides is 1. The fourth-order valence-electron chi connectivity index (χ4n) is 1.79. The van der Waals surface area contributed by atoms with E-state index in [0.29, 0.717) is 12.2 Å². The highest BCUT2D eigenvalue weighted by Crippen LogP contribution is 2.21. The van der Waals surface area contributed by atoms with Crippen molar-refractivity contribution in [2.45, 2.75) is 33.2 Å². The van der Waals surface area contributed by atoms with Gasteiger partial charge in [0, 0.05) is 17.1 Å². The van der Waals surface area contributed by atoms with Gasteiger partial charge in [-0.2, -0.15) is 0 Å². The third kappa shape index (κ3) is 5.92. The number of aliphatic hydroxyl groups is 1. The van der Waals surface area contributed by atoms with Crippen molar-refractivity contribution in [1.29, 1.82) is 0 Å². The smallest absolute Gasteiger partial charge is 0.258 e. The number of carbonyl (C=O) groups excluding carboxylic acids is 1. The number of aliphatic hydroxyl groups excluding tert-OH is 1. The number of hydrogen-bond donors (Lipinski definition) is 2. The highest BCUT2D eigenvalue weighted by atomic mass is 79.9. The van der Waals surface area contributed by atoms with E-state index in [1.54, 1.807) is 6.07 Å². The molecule has 1 rings (SSSR count). The molecule has 20 heavy (non-hydrogen) atoms. The molecule has 1 aromatic carbocycles. The van der Waals surface area contributed by atoms with Gasteiger partial charge >= 0.3 is 0 Å². The number of halogens is 1. The summed E-state index contributed by atoms with van der Waals surface area (Å²) in [5.41, 5.74) is -0.103. The van der Waals surface area contributed by atoms with Crippen LogP contribution in [0.2, 0.25) is 0 Å². The summed E-state index contributed by atoms with van der Waals surface area (Å²) in [4.78, 5) is 11.9. The van der Waals surface area contributed by atoms with Crippen LogP contribution in [0.5, 0.6) is 5.75 Å². The second-order valence-corrected chi connectivity index (χ2v) is 6.66. The van der Waals surface area contributed by atoms with Gasteiger partial charge < -0.3 is 15.2 Å². The van der Waals surface area contributed by atoms with E-state index in [-0.39, 0.29) is 30.6 Å². The summed E-state index contributed by atoms with van der Waals surface area (Å²) in [5, 5.41) is 12.0. The van der Waals surface area contributed by atoms with Crippen molar-refractivity contribution in [1.82, 2.24) is 5.32 Å². The number of ether oxygens (including phenoxy) is 1. The van der Waals surface area contributed by atoms with Crippen molar-refractivity contribution in [2.75, 3.05) is 13.2 Å². The van der Waals surface area contributed by atoms with Gasteiger partial charge in [-0.15, -0.1) is 0 Å². The van der Waals surface area contributed by atoms with E-state index < -0.39 is 0 Å². The van der Waals surface area contributed by atoms with E-state index in [9.17, 15) is 4.79 Å². The maximum atomic E-state index is 11.9. The molecule has 0 saturated carbocycles. The predicted molar refractivity (Wildman–Crippen MR) is 82.7 cm³/mol. The van der Waals surface area contributed by atoms with Gasteiger partial charge in [-0.05, 0) is 30.0 Å². The normalized spacial score (nSPS) is 12.8. The summed E-state index contributed by atoms with van der Waals surface area (Å²) in [6.07, 6.45) is 0.534. The first kappa shape index (κ1) is 17.0. The Labute approximate surface area is 128 Å². The molecule has 0 fully saturated rings. The Morgan fingerprint density at radius 2 is 2.15 bits per heavy atom. The van der Waals surface area contributed by atoms with E-state index in [4.69, 9.17) is 9.84 Å². The third-order valence-electron chi connectivity index (χ3n) is 2.96. The number of benzene rings is 1. The van der Waals surface area contributed by atoms with Crippen LogP contribution in [0.3, 0.4) is 0 Å². The van der Waals surface area contributed by atoms with Gasteiger partial charge in [-0.3, -0.25) is 4.79 Å². The van der Waals surface area contributed by atoms with Gasteiger partial charge in [-0.1, -0.05) is 42.8 Å². The largest absolute Gasteiger partial charge is 0.484 e. The van der Waals surface area contributed by atoms with Crippen molar-refractivity contribution in [3.05, 3.63) is 28.7 Å². The molecular formula is C15H22BrNO3. The molecule has 1 atom stereocenters. The number of rotatable bonds is 6. The van der Waals surface area contributed by atoms with Crippen LogP contribution < -0.4 is 10.1 Å². The maximum Gasteiger partial charge on any atom is 0.258 e. The highest BCUT2D eigenvalue weighted by molar-refractivity contribution is 9.10. The van der Waals surface area contributed by atoms with Crippen molar-refractivity contribution in [3.8, 4) is 5.75 Å². The van der Waals surface area contributed by atoms with Crippen LogP contribution in [0.15, 0.2) is 28.7 Å². The van der Waals surface area contributed by atoms with E-state index >= 15 is 0 Å². The maximum absolute atomic E-state index is 11.9. The molecule has 5 heteroatoms. The molecule has 112 valence electrons. The molecule has 2 N–H and O–H groups in total. The zero-order valence-corrected chi connectivity index (χ0v) is 13.7. The minimum absolute atomic E-state index is 0.0333. The summed E-state index contributed by atoms with van der Waals surface area (Å²) in [6.45, 7) is 6.11.